The molecule has 1 rings (SSSR count). The standard InChI is InChI=1S/C15H23N3O2/c1-3-17-15(20)11(2)18-14(19)10-9-13(16)12-7-5-4-6-8-12/h4-8,11,13H,3,9-10,16H2,1-2H3,(H,17,20)(H,18,19). The van der Waals surface area contributed by atoms with Gasteiger partial charge in [0.2, 0.25) is 11.8 Å². The first-order valence-corrected chi connectivity index (χ1v) is 6.92. The third-order valence-corrected chi connectivity index (χ3v) is 3.03. The molecule has 2 atom stereocenters. The van der Waals surface area contributed by atoms with Crippen LogP contribution in [0.5, 0.6) is 0 Å². The maximum absolute atomic E-state index is 11.8. The van der Waals surface area contributed by atoms with Gasteiger partial charge in [-0.25, -0.2) is 0 Å². The zero-order valence-electron chi connectivity index (χ0n) is 12.1. The number of carbonyl (C=O) groups excluding carboxylic acids is 2. The topological polar surface area (TPSA) is 84.2 Å². The minimum atomic E-state index is -0.518. The molecule has 0 aliphatic carbocycles. The van der Waals surface area contributed by atoms with Crippen molar-refractivity contribution < 1.29 is 9.59 Å². The van der Waals surface area contributed by atoms with Crippen molar-refractivity contribution in [3.05, 3.63) is 35.9 Å². The molecule has 0 heterocycles. The Morgan fingerprint density at radius 2 is 1.90 bits per heavy atom. The van der Waals surface area contributed by atoms with Crippen LogP contribution >= 0.6 is 0 Å². The minimum absolute atomic E-state index is 0.157. The third kappa shape index (κ3) is 5.40. The molecule has 1 aromatic rings. The van der Waals surface area contributed by atoms with E-state index in [0.29, 0.717) is 19.4 Å². The van der Waals surface area contributed by atoms with Crippen molar-refractivity contribution in [2.45, 2.75) is 38.8 Å². The molecule has 0 aromatic heterocycles. The van der Waals surface area contributed by atoms with Gasteiger partial charge in [-0.1, -0.05) is 30.3 Å². The Labute approximate surface area is 119 Å². The maximum Gasteiger partial charge on any atom is 0.242 e. The highest BCUT2D eigenvalue weighted by atomic mass is 16.2. The van der Waals surface area contributed by atoms with Gasteiger partial charge in [0.15, 0.2) is 0 Å². The van der Waals surface area contributed by atoms with Crippen LogP contribution in [0.3, 0.4) is 0 Å². The molecule has 110 valence electrons. The molecule has 0 fully saturated rings. The smallest absolute Gasteiger partial charge is 0.242 e. The number of rotatable bonds is 7. The van der Waals surface area contributed by atoms with Crippen molar-refractivity contribution in [3.63, 3.8) is 0 Å². The molecule has 0 bridgehead atoms. The molecule has 5 nitrogen and oxygen atoms in total. The van der Waals surface area contributed by atoms with Gasteiger partial charge in [-0.05, 0) is 25.8 Å². The van der Waals surface area contributed by atoms with Crippen LogP contribution < -0.4 is 16.4 Å². The quantitative estimate of drug-likeness (QED) is 0.698. The Morgan fingerprint density at radius 1 is 1.25 bits per heavy atom. The fourth-order valence-electron chi connectivity index (χ4n) is 1.86. The van der Waals surface area contributed by atoms with Crippen molar-refractivity contribution in [1.82, 2.24) is 10.6 Å². The number of nitrogens with one attached hydrogen (secondary N) is 2. The second-order valence-electron chi connectivity index (χ2n) is 4.74. The van der Waals surface area contributed by atoms with Crippen LogP contribution in [-0.4, -0.2) is 24.4 Å². The summed E-state index contributed by atoms with van der Waals surface area (Å²) in [4.78, 5) is 23.2. The lowest BCUT2D eigenvalue weighted by Crippen LogP contribution is -2.44. The van der Waals surface area contributed by atoms with E-state index in [1.165, 1.54) is 0 Å². The number of hydrogen-bond acceptors (Lipinski definition) is 3. The molecule has 0 aliphatic heterocycles. The van der Waals surface area contributed by atoms with E-state index < -0.39 is 6.04 Å². The summed E-state index contributed by atoms with van der Waals surface area (Å²) in [7, 11) is 0. The van der Waals surface area contributed by atoms with Gasteiger partial charge in [0.1, 0.15) is 6.04 Å². The first kappa shape index (κ1) is 16.2. The van der Waals surface area contributed by atoms with Gasteiger partial charge >= 0.3 is 0 Å². The molecule has 20 heavy (non-hydrogen) atoms. The van der Waals surface area contributed by atoms with Crippen LogP contribution in [0.25, 0.3) is 0 Å². The van der Waals surface area contributed by atoms with Crippen molar-refractivity contribution >= 4 is 11.8 Å². The van der Waals surface area contributed by atoms with E-state index in [9.17, 15) is 9.59 Å². The zero-order chi connectivity index (χ0) is 15.0. The molecule has 2 amide bonds. The van der Waals surface area contributed by atoms with Crippen molar-refractivity contribution in [3.8, 4) is 0 Å². The molecule has 4 N–H and O–H groups in total. The summed E-state index contributed by atoms with van der Waals surface area (Å²) >= 11 is 0. The van der Waals surface area contributed by atoms with E-state index in [0.717, 1.165) is 5.56 Å². The van der Waals surface area contributed by atoms with Crippen LogP contribution in [0.2, 0.25) is 0 Å². The number of hydrogen-bond donors (Lipinski definition) is 3. The van der Waals surface area contributed by atoms with E-state index in [2.05, 4.69) is 10.6 Å². The summed E-state index contributed by atoms with van der Waals surface area (Å²) in [6.07, 6.45) is 0.859. The summed E-state index contributed by atoms with van der Waals surface area (Å²) in [5.74, 6) is -0.330. The Hall–Kier alpha value is -1.88. The fraction of sp³-hybridized carbons (Fsp3) is 0.467. The summed E-state index contributed by atoms with van der Waals surface area (Å²) in [6, 6.07) is 8.98. The van der Waals surface area contributed by atoms with Crippen LogP contribution in [0.1, 0.15) is 38.3 Å². The van der Waals surface area contributed by atoms with Gasteiger partial charge in [0, 0.05) is 19.0 Å². The summed E-state index contributed by atoms with van der Waals surface area (Å²) in [5.41, 5.74) is 7.03. The molecule has 0 spiro atoms. The van der Waals surface area contributed by atoms with Crippen molar-refractivity contribution in [2.24, 2.45) is 5.73 Å². The molecule has 0 saturated heterocycles. The highest BCUT2D eigenvalue weighted by Gasteiger charge is 2.15. The van der Waals surface area contributed by atoms with Crippen LogP contribution in [0.4, 0.5) is 0 Å². The van der Waals surface area contributed by atoms with Gasteiger partial charge in [-0.15, -0.1) is 0 Å². The predicted molar refractivity (Wildman–Crippen MR) is 78.9 cm³/mol. The minimum Gasteiger partial charge on any atom is -0.355 e. The second-order valence-corrected chi connectivity index (χ2v) is 4.74. The van der Waals surface area contributed by atoms with E-state index in [1.807, 2.05) is 37.3 Å². The summed E-state index contributed by atoms with van der Waals surface area (Å²) in [6.45, 7) is 4.06. The fourth-order valence-corrected chi connectivity index (χ4v) is 1.86. The molecule has 0 saturated carbocycles. The van der Waals surface area contributed by atoms with Gasteiger partial charge in [0.05, 0.1) is 0 Å². The Kier molecular flexibility index (Phi) is 6.73. The lowest BCUT2D eigenvalue weighted by Gasteiger charge is -2.15. The Balaban J connectivity index is 2.34. The molecule has 0 radical (unpaired) electrons. The summed E-state index contributed by atoms with van der Waals surface area (Å²) in [5, 5.41) is 5.33. The third-order valence-electron chi connectivity index (χ3n) is 3.03. The van der Waals surface area contributed by atoms with Gasteiger partial charge < -0.3 is 16.4 Å². The second kappa shape index (κ2) is 8.32. The maximum atomic E-state index is 11.8. The SMILES string of the molecule is CCNC(=O)C(C)NC(=O)CCC(N)c1ccccc1. The zero-order valence-corrected chi connectivity index (χ0v) is 12.1. The van der Waals surface area contributed by atoms with Gasteiger partial charge in [-0.2, -0.15) is 0 Å². The molecule has 0 aliphatic rings. The molecule has 2 unspecified atom stereocenters. The van der Waals surface area contributed by atoms with Gasteiger partial charge in [0.25, 0.3) is 0 Å². The monoisotopic (exact) mass is 277 g/mol. The average molecular weight is 277 g/mol. The molecular formula is C15H23N3O2. The van der Waals surface area contributed by atoms with E-state index in [4.69, 9.17) is 5.73 Å². The largest absolute Gasteiger partial charge is 0.355 e. The van der Waals surface area contributed by atoms with Crippen molar-refractivity contribution in [1.29, 1.82) is 0 Å². The molecular weight excluding hydrogens is 254 g/mol. The number of benzene rings is 1. The highest BCUT2D eigenvalue weighted by Crippen LogP contribution is 2.14. The lowest BCUT2D eigenvalue weighted by molar-refractivity contribution is -0.128. The van der Waals surface area contributed by atoms with Crippen LogP contribution in [0, 0.1) is 0 Å². The normalized spacial score (nSPS) is 13.3. The summed E-state index contributed by atoms with van der Waals surface area (Å²) < 4.78 is 0. The first-order valence-electron chi connectivity index (χ1n) is 6.92. The van der Waals surface area contributed by atoms with E-state index >= 15 is 0 Å². The predicted octanol–water partition coefficient (Wildman–Crippen LogP) is 1.11. The Bertz CT molecular complexity index is 434. The molecule has 1 aromatic carbocycles. The van der Waals surface area contributed by atoms with Crippen LogP contribution in [-0.2, 0) is 9.59 Å². The first-order chi connectivity index (χ1) is 9.54. The Morgan fingerprint density at radius 3 is 2.50 bits per heavy atom. The lowest BCUT2D eigenvalue weighted by atomic mass is 10.0. The average Bonchev–Trinajstić information content (AvgIpc) is 2.45. The van der Waals surface area contributed by atoms with Crippen molar-refractivity contribution in [2.75, 3.05) is 6.54 Å². The van der Waals surface area contributed by atoms with E-state index in [1.54, 1.807) is 6.92 Å². The number of likely N-dealkylation sites (N-methyl/N-ethyl adjacent to an activating group) is 1. The number of nitrogens with two attached hydrogens (primary N) is 1. The number of amides is 2. The van der Waals surface area contributed by atoms with Crippen LogP contribution in [0.15, 0.2) is 30.3 Å². The molecule has 5 heteroatoms. The number of carbonyl (C=O) groups is 2. The highest BCUT2D eigenvalue weighted by molar-refractivity contribution is 5.87. The van der Waals surface area contributed by atoms with E-state index in [-0.39, 0.29) is 17.9 Å². The van der Waals surface area contributed by atoms with Gasteiger partial charge in [-0.3, -0.25) is 9.59 Å².